The Morgan fingerprint density at radius 3 is 2.72 bits per heavy atom. The molecule has 0 spiro atoms. The number of hydrogen-bond donors (Lipinski definition) is 1. The number of aromatic nitrogens is 10. The molecule has 5 aromatic heterocycles. The summed E-state index contributed by atoms with van der Waals surface area (Å²) in [5.74, 6) is -1.45. The molecular weight excluding hydrogens is 584 g/mol. The van der Waals surface area contributed by atoms with Crippen molar-refractivity contribution in [1.82, 2.24) is 44.8 Å². The molecule has 1 unspecified atom stereocenters. The van der Waals surface area contributed by atoms with Crippen LogP contribution in [0.25, 0.3) is 27.9 Å². The number of halogens is 3. The zero-order valence-electron chi connectivity index (χ0n) is 22.4. The van der Waals surface area contributed by atoms with Gasteiger partial charge in [-0.3, -0.25) is 9.36 Å². The first-order chi connectivity index (χ1) is 20.8. The van der Waals surface area contributed by atoms with Crippen molar-refractivity contribution in [3.63, 3.8) is 0 Å². The van der Waals surface area contributed by atoms with Gasteiger partial charge in [-0.15, -0.1) is 5.10 Å². The summed E-state index contributed by atoms with van der Waals surface area (Å²) in [6, 6.07) is 10.1. The summed E-state index contributed by atoms with van der Waals surface area (Å²) < 4.78 is 40.2. The molecule has 0 aliphatic carbocycles. The number of hydrogen-bond acceptors (Lipinski definition) is 9. The number of nitrogens with zero attached hydrogens (tertiary/aromatic N) is 10. The molecule has 0 aliphatic heterocycles. The topological polar surface area (TPSA) is 154 Å². The molecule has 6 aromatic rings. The third kappa shape index (κ3) is 5.50. The van der Waals surface area contributed by atoms with Crippen LogP contribution in [0.5, 0.6) is 0 Å². The van der Waals surface area contributed by atoms with Crippen LogP contribution in [0.4, 0.5) is 14.6 Å². The van der Waals surface area contributed by atoms with Gasteiger partial charge in [-0.25, -0.2) is 9.37 Å². The van der Waals surface area contributed by atoms with Gasteiger partial charge in [0, 0.05) is 36.7 Å². The van der Waals surface area contributed by atoms with Crippen LogP contribution in [0, 0.1) is 17.0 Å². The molecule has 13 nitrogen and oxygen atoms in total. The monoisotopic (exact) mass is 605 g/mol. The van der Waals surface area contributed by atoms with Gasteiger partial charge in [-0.1, -0.05) is 11.6 Å². The zero-order chi connectivity index (χ0) is 30.1. The normalized spacial score (nSPS) is 12.1. The Morgan fingerprint density at radius 2 is 1.98 bits per heavy atom. The molecule has 43 heavy (non-hydrogen) atoms. The largest absolute Gasteiger partial charge is 0.618 e. The summed E-state index contributed by atoms with van der Waals surface area (Å²) in [6.45, 7) is 0.481. The molecule has 0 amide bonds. The number of nitrogens with two attached hydrogens (primary N) is 1. The van der Waals surface area contributed by atoms with Gasteiger partial charge in [0.1, 0.15) is 12.1 Å². The highest BCUT2D eigenvalue weighted by atomic mass is 35.5. The van der Waals surface area contributed by atoms with E-state index in [9.17, 15) is 9.60 Å². The Kier molecular flexibility index (Phi) is 7.48. The highest BCUT2D eigenvalue weighted by Gasteiger charge is 2.27. The third-order valence-electron chi connectivity index (χ3n) is 6.69. The number of ether oxygens (including phenoxy) is 1. The fourth-order valence-electron chi connectivity index (χ4n) is 4.71. The van der Waals surface area contributed by atoms with E-state index in [1.165, 1.54) is 46.3 Å². The van der Waals surface area contributed by atoms with Crippen molar-refractivity contribution in [3.05, 3.63) is 107 Å². The molecule has 16 heteroatoms. The van der Waals surface area contributed by atoms with Crippen molar-refractivity contribution in [1.29, 1.82) is 0 Å². The van der Waals surface area contributed by atoms with E-state index in [4.69, 9.17) is 22.1 Å². The van der Waals surface area contributed by atoms with Crippen molar-refractivity contribution >= 4 is 17.4 Å². The Hall–Kier alpha value is -5.28. The van der Waals surface area contributed by atoms with Crippen LogP contribution < -0.4 is 10.5 Å². The van der Waals surface area contributed by atoms with Gasteiger partial charge in [0.25, 0.3) is 0 Å². The second-order valence-corrected chi connectivity index (χ2v) is 9.85. The predicted molar refractivity (Wildman–Crippen MR) is 149 cm³/mol. The Labute approximate surface area is 247 Å². The molecule has 0 aliphatic rings. The van der Waals surface area contributed by atoms with E-state index in [0.29, 0.717) is 22.6 Å². The lowest BCUT2D eigenvalue weighted by Gasteiger charge is -2.18. The molecule has 0 saturated heterocycles. The zero-order valence-corrected chi connectivity index (χ0v) is 23.2. The number of pyridine rings is 2. The van der Waals surface area contributed by atoms with Crippen molar-refractivity contribution in [2.75, 3.05) is 12.8 Å². The summed E-state index contributed by atoms with van der Waals surface area (Å²) >= 11 is 6.10. The van der Waals surface area contributed by atoms with Gasteiger partial charge < -0.3 is 15.7 Å². The number of methoxy groups -OCH3 is 1. The first-order valence-corrected chi connectivity index (χ1v) is 13.1. The average molecular weight is 606 g/mol. The van der Waals surface area contributed by atoms with Crippen molar-refractivity contribution < 1.29 is 18.2 Å². The minimum Gasteiger partial charge on any atom is -0.618 e. The van der Waals surface area contributed by atoms with E-state index in [2.05, 4.69) is 30.7 Å². The second kappa shape index (κ2) is 11.5. The van der Waals surface area contributed by atoms with Gasteiger partial charge in [0.15, 0.2) is 18.1 Å². The quantitative estimate of drug-likeness (QED) is 0.148. The molecule has 0 bridgehead atoms. The molecule has 218 valence electrons. The lowest BCUT2D eigenvalue weighted by Crippen LogP contribution is -2.37. The Bertz CT molecular complexity index is 1910. The smallest absolute Gasteiger partial charge is 0.222 e. The van der Waals surface area contributed by atoms with Crippen molar-refractivity contribution in [2.45, 2.75) is 19.2 Å². The van der Waals surface area contributed by atoms with Gasteiger partial charge in [-0.2, -0.15) is 24.0 Å². The molecular formula is C27H22ClF2N11O2. The molecule has 2 N–H and O–H groups in total. The minimum absolute atomic E-state index is 0.0384. The van der Waals surface area contributed by atoms with E-state index >= 15 is 4.39 Å². The number of benzene rings is 1. The SMILES string of the molecule is COCc1ccn(CC(c2ccc(-c3c(-n4cnnn4)ccc(Cl)c3F)c[n+]2[O-])n2cc(-c3ccc(N)nc3F)cn2)n1. The number of rotatable bonds is 9. The predicted octanol–water partition coefficient (Wildman–Crippen LogP) is 3.37. The van der Waals surface area contributed by atoms with E-state index in [0.717, 1.165) is 0 Å². The van der Waals surface area contributed by atoms with Crippen LogP contribution in [0.2, 0.25) is 5.02 Å². The highest BCUT2D eigenvalue weighted by molar-refractivity contribution is 6.31. The van der Waals surface area contributed by atoms with Crippen LogP contribution in [0.15, 0.2) is 73.6 Å². The number of nitrogen functional groups attached to an aromatic ring is 1. The standard InChI is InChI=1S/C27H22ClF2N11O2/c1-43-14-18-8-9-38(35-18)13-23(39-11-17(10-33-39)19-3-7-24(31)34-27(19)30)21-5-2-16(12-41(21)42)25-22(40-15-32-36-37-40)6-4-20(28)26(25)29/h2-12,15,23H,13-14H2,1H3,(H2,31,34). The molecule has 1 aromatic carbocycles. The lowest BCUT2D eigenvalue weighted by molar-refractivity contribution is -0.615. The minimum atomic E-state index is -0.752. The number of tetrazole rings is 1. The fourth-order valence-corrected chi connectivity index (χ4v) is 4.86. The summed E-state index contributed by atoms with van der Waals surface area (Å²) in [4.78, 5) is 3.68. The van der Waals surface area contributed by atoms with E-state index in [-0.39, 0.29) is 45.5 Å². The molecule has 0 fully saturated rings. The molecule has 5 heterocycles. The van der Waals surface area contributed by atoms with Crippen LogP contribution in [-0.2, 0) is 17.9 Å². The lowest BCUT2D eigenvalue weighted by atomic mass is 10.0. The molecule has 6 rings (SSSR count). The third-order valence-corrected chi connectivity index (χ3v) is 6.99. The fraction of sp³-hybridized carbons (Fsp3) is 0.148. The maximum absolute atomic E-state index is 15.4. The average Bonchev–Trinajstić information content (AvgIpc) is 3.77. The summed E-state index contributed by atoms with van der Waals surface area (Å²) in [7, 11) is 1.56. The summed E-state index contributed by atoms with van der Waals surface area (Å²) in [5, 5.41) is 33.5. The highest BCUT2D eigenvalue weighted by Crippen LogP contribution is 2.33. The van der Waals surface area contributed by atoms with Crippen LogP contribution in [0.3, 0.4) is 0 Å². The summed E-state index contributed by atoms with van der Waals surface area (Å²) in [6.07, 6.45) is 7.35. The van der Waals surface area contributed by atoms with Crippen LogP contribution in [0.1, 0.15) is 17.4 Å². The maximum Gasteiger partial charge on any atom is 0.222 e. The van der Waals surface area contributed by atoms with Gasteiger partial charge in [-0.05, 0) is 46.8 Å². The maximum atomic E-state index is 15.4. The van der Waals surface area contributed by atoms with E-state index < -0.39 is 17.8 Å². The number of anilines is 1. The van der Waals surface area contributed by atoms with Crippen molar-refractivity contribution in [3.8, 4) is 27.9 Å². The van der Waals surface area contributed by atoms with Gasteiger partial charge >= 0.3 is 0 Å². The van der Waals surface area contributed by atoms with Crippen LogP contribution in [-0.4, -0.2) is 51.9 Å². The Morgan fingerprint density at radius 1 is 1.12 bits per heavy atom. The Balaban J connectivity index is 1.43. The molecule has 0 radical (unpaired) electrons. The molecule has 0 saturated carbocycles. The summed E-state index contributed by atoms with van der Waals surface area (Å²) in [5.41, 5.74) is 7.72. The first kappa shape index (κ1) is 27.9. The second-order valence-electron chi connectivity index (χ2n) is 9.44. The van der Waals surface area contributed by atoms with Crippen molar-refractivity contribution in [2.24, 2.45) is 0 Å². The van der Waals surface area contributed by atoms with E-state index in [1.807, 2.05) is 0 Å². The van der Waals surface area contributed by atoms with Gasteiger partial charge in [0.05, 0.1) is 46.9 Å². The van der Waals surface area contributed by atoms with Gasteiger partial charge in [0.2, 0.25) is 11.6 Å². The first-order valence-electron chi connectivity index (χ1n) is 12.7. The van der Waals surface area contributed by atoms with Crippen LogP contribution >= 0.6 is 11.6 Å². The molecule has 1 atom stereocenters. The van der Waals surface area contributed by atoms with E-state index in [1.54, 1.807) is 48.5 Å².